The van der Waals surface area contributed by atoms with Crippen LogP contribution in [0.2, 0.25) is 0 Å². The summed E-state index contributed by atoms with van der Waals surface area (Å²) >= 11 is 0. The first-order chi connectivity index (χ1) is 8.08. The molecule has 0 saturated carbocycles. The number of carbonyl (C=O) groups excluding carboxylic acids is 1. The summed E-state index contributed by atoms with van der Waals surface area (Å²) in [4.78, 5) is 11.6. The second kappa shape index (κ2) is 4.91. The van der Waals surface area contributed by atoms with Crippen molar-refractivity contribution < 1.29 is 9.53 Å². The van der Waals surface area contributed by atoms with Gasteiger partial charge in [-0.05, 0) is 45.6 Å². The standard InChI is InChI=1S/C15H20O2/c1-10-5-4-6-11(2)9-14-13(8-7-10)12(3)15(16)17-14/h5,9,13-14H,3-4,6-8H2,1-2H3/b10-5?,11-9+/t13-,14+/m0/s1. The van der Waals surface area contributed by atoms with Crippen molar-refractivity contribution in [3.63, 3.8) is 0 Å². The molecular weight excluding hydrogens is 212 g/mol. The average Bonchev–Trinajstić information content (AvgIpc) is 2.52. The van der Waals surface area contributed by atoms with Crippen LogP contribution in [0, 0.1) is 5.92 Å². The zero-order valence-electron chi connectivity index (χ0n) is 10.7. The summed E-state index contributed by atoms with van der Waals surface area (Å²) in [5.41, 5.74) is 3.35. The maximum absolute atomic E-state index is 11.6. The number of hydrogen-bond acceptors (Lipinski definition) is 2. The number of allylic oxidation sites excluding steroid dienone is 3. The van der Waals surface area contributed by atoms with Crippen molar-refractivity contribution in [3.05, 3.63) is 35.5 Å². The van der Waals surface area contributed by atoms with Gasteiger partial charge in [-0.25, -0.2) is 4.79 Å². The van der Waals surface area contributed by atoms with Gasteiger partial charge in [0.05, 0.1) is 0 Å². The molecule has 0 unspecified atom stereocenters. The van der Waals surface area contributed by atoms with E-state index in [1.165, 1.54) is 11.1 Å². The lowest BCUT2D eigenvalue weighted by molar-refractivity contribution is -0.137. The fraction of sp³-hybridized carbons (Fsp3) is 0.533. The number of esters is 1. The van der Waals surface area contributed by atoms with Gasteiger partial charge in [-0.1, -0.05) is 23.8 Å². The minimum atomic E-state index is -0.218. The zero-order valence-corrected chi connectivity index (χ0v) is 10.7. The molecule has 1 heterocycles. The molecular formula is C15H20O2. The zero-order chi connectivity index (χ0) is 12.4. The van der Waals surface area contributed by atoms with Gasteiger partial charge in [0.25, 0.3) is 0 Å². The topological polar surface area (TPSA) is 26.3 Å². The lowest BCUT2D eigenvalue weighted by atomic mass is 9.88. The summed E-state index contributed by atoms with van der Waals surface area (Å²) < 4.78 is 5.38. The normalized spacial score (nSPS) is 33.3. The van der Waals surface area contributed by atoms with Crippen molar-refractivity contribution in [1.82, 2.24) is 0 Å². The highest BCUT2D eigenvalue weighted by Crippen LogP contribution is 2.33. The second-order valence-corrected chi connectivity index (χ2v) is 5.14. The molecule has 0 amide bonds. The van der Waals surface area contributed by atoms with Gasteiger partial charge in [-0.3, -0.25) is 0 Å². The van der Waals surface area contributed by atoms with E-state index in [0.717, 1.165) is 25.7 Å². The van der Waals surface area contributed by atoms with E-state index in [4.69, 9.17) is 4.74 Å². The Morgan fingerprint density at radius 3 is 2.82 bits per heavy atom. The molecule has 1 aliphatic heterocycles. The van der Waals surface area contributed by atoms with Crippen LogP contribution in [0.15, 0.2) is 35.5 Å². The van der Waals surface area contributed by atoms with Gasteiger partial charge in [-0.2, -0.15) is 0 Å². The van der Waals surface area contributed by atoms with Crippen molar-refractivity contribution >= 4 is 5.97 Å². The van der Waals surface area contributed by atoms with Gasteiger partial charge in [-0.15, -0.1) is 0 Å². The third kappa shape index (κ3) is 2.68. The molecule has 2 aliphatic rings. The van der Waals surface area contributed by atoms with Crippen LogP contribution < -0.4 is 0 Å². The Labute approximate surface area is 103 Å². The van der Waals surface area contributed by atoms with Crippen molar-refractivity contribution in [2.75, 3.05) is 0 Å². The highest BCUT2D eigenvalue weighted by Gasteiger charge is 2.36. The number of fused-ring (bicyclic) bond motifs is 1. The maximum Gasteiger partial charge on any atom is 0.334 e. The Balaban J connectivity index is 2.24. The summed E-state index contributed by atoms with van der Waals surface area (Å²) in [6, 6.07) is 0. The average molecular weight is 232 g/mol. The van der Waals surface area contributed by atoms with E-state index in [0.29, 0.717) is 5.57 Å². The summed E-state index contributed by atoms with van der Waals surface area (Å²) in [5.74, 6) is -0.0520. The number of rotatable bonds is 0. The fourth-order valence-electron chi connectivity index (χ4n) is 2.51. The predicted octanol–water partition coefficient (Wildman–Crippen LogP) is 3.55. The number of carbonyl (C=O) groups is 1. The Morgan fingerprint density at radius 2 is 2.06 bits per heavy atom. The molecule has 0 N–H and O–H groups in total. The maximum atomic E-state index is 11.6. The Kier molecular flexibility index (Phi) is 3.51. The minimum Gasteiger partial charge on any atom is -0.454 e. The van der Waals surface area contributed by atoms with Crippen LogP contribution in [-0.4, -0.2) is 12.1 Å². The molecule has 0 radical (unpaired) electrons. The molecule has 1 aliphatic carbocycles. The van der Waals surface area contributed by atoms with Crippen LogP contribution in [0.4, 0.5) is 0 Å². The molecule has 1 fully saturated rings. The predicted molar refractivity (Wildman–Crippen MR) is 68.5 cm³/mol. The molecule has 0 aromatic heterocycles. The quantitative estimate of drug-likeness (QED) is 0.363. The molecule has 1 saturated heterocycles. The molecule has 17 heavy (non-hydrogen) atoms. The van der Waals surface area contributed by atoms with Gasteiger partial charge in [0.1, 0.15) is 6.10 Å². The monoisotopic (exact) mass is 232 g/mol. The fourth-order valence-corrected chi connectivity index (χ4v) is 2.51. The van der Waals surface area contributed by atoms with Crippen molar-refractivity contribution in [1.29, 1.82) is 0 Å². The summed E-state index contributed by atoms with van der Waals surface area (Å²) in [6.07, 6.45) is 8.45. The third-order valence-corrected chi connectivity index (χ3v) is 3.68. The molecule has 0 spiro atoms. The second-order valence-electron chi connectivity index (χ2n) is 5.14. The van der Waals surface area contributed by atoms with Crippen LogP contribution >= 0.6 is 0 Å². The smallest absolute Gasteiger partial charge is 0.334 e. The summed E-state index contributed by atoms with van der Waals surface area (Å²) in [5, 5.41) is 0. The van der Waals surface area contributed by atoms with Crippen molar-refractivity contribution in [3.8, 4) is 0 Å². The SMILES string of the molecule is C=C1C(=O)O[C@@H]2/C=C(\C)CCC=C(C)CC[C@@H]12. The summed E-state index contributed by atoms with van der Waals surface area (Å²) in [6.45, 7) is 8.14. The van der Waals surface area contributed by atoms with E-state index >= 15 is 0 Å². The van der Waals surface area contributed by atoms with E-state index in [1.54, 1.807) is 0 Å². The van der Waals surface area contributed by atoms with E-state index in [9.17, 15) is 4.79 Å². The lowest BCUT2D eigenvalue weighted by Gasteiger charge is -2.17. The molecule has 2 heteroatoms. The van der Waals surface area contributed by atoms with E-state index in [-0.39, 0.29) is 18.0 Å². The first kappa shape index (κ1) is 12.2. The Morgan fingerprint density at radius 1 is 1.29 bits per heavy atom. The van der Waals surface area contributed by atoms with Gasteiger partial charge in [0.15, 0.2) is 0 Å². The Hall–Kier alpha value is -1.31. The summed E-state index contributed by atoms with van der Waals surface area (Å²) in [7, 11) is 0. The molecule has 0 aromatic carbocycles. The highest BCUT2D eigenvalue weighted by molar-refractivity contribution is 5.91. The first-order valence-electron chi connectivity index (χ1n) is 6.30. The lowest BCUT2D eigenvalue weighted by Crippen LogP contribution is -2.15. The number of ether oxygens (including phenoxy) is 1. The van der Waals surface area contributed by atoms with Crippen LogP contribution in [-0.2, 0) is 9.53 Å². The third-order valence-electron chi connectivity index (χ3n) is 3.68. The largest absolute Gasteiger partial charge is 0.454 e. The van der Waals surface area contributed by atoms with Gasteiger partial charge in [0.2, 0.25) is 0 Å². The highest BCUT2D eigenvalue weighted by atomic mass is 16.5. The van der Waals surface area contributed by atoms with E-state index in [1.807, 2.05) is 0 Å². The van der Waals surface area contributed by atoms with Gasteiger partial charge < -0.3 is 4.74 Å². The van der Waals surface area contributed by atoms with Crippen LogP contribution in [0.5, 0.6) is 0 Å². The van der Waals surface area contributed by atoms with E-state index in [2.05, 4.69) is 32.6 Å². The van der Waals surface area contributed by atoms with Crippen molar-refractivity contribution in [2.45, 2.75) is 45.6 Å². The van der Waals surface area contributed by atoms with Crippen LogP contribution in [0.3, 0.4) is 0 Å². The molecule has 2 rings (SSSR count). The van der Waals surface area contributed by atoms with Crippen LogP contribution in [0.1, 0.15) is 39.5 Å². The first-order valence-corrected chi connectivity index (χ1v) is 6.30. The van der Waals surface area contributed by atoms with Crippen LogP contribution in [0.25, 0.3) is 0 Å². The van der Waals surface area contributed by atoms with Gasteiger partial charge in [0, 0.05) is 11.5 Å². The minimum absolute atomic E-state index is 0.0825. The molecule has 92 valence electrons. The molecule has 0 bridgehead atoms. The molecule has 0 aromatic rings. The van der Waals surface area contributed by atoms with E-state index < -0.39 is 0 Å². The molecule has 2 nitrogen and oxygen atoms in total. The van der Waals surface area contributed by atoms with Gasteiger partial charge >= 0.3 is 5.97 Å². The Bertz CT molecular complexity index is 401. The number of hydrogen-bond donors (Lipinski definition) is 0. The molecule has 2 atom stereocenters. The van der Waals surface area contributed by atoms with Crippen molar-refractivity contribution in [2.24, 2.45) is 5.92 Å².